The van der Waals surface area contributed by atoms with Crippen LogP contribution in [-0.2, 0) is 13.5 Å². The quantitative estimate of drug-likeness (QED) is 0.529. The second kappa shape index (κ2) is 5.62. The molecule has 0 amide bonds. The fraction of sp³-hybridized carbons (Fsp3) is 1.00. The van der Waals surface area contributed by atoms with Gasteiger partial charge in [0.15, 0.2) is 0 Å². The van der Waals surface area contributed by atoms with Gasteiger partial charge in [0.05, 0.1) is 6.10 Å². The molecule has 15 heavy (non-hydrogen) atoms. The summed E-state index contributed by atoms with van der Waals surface area (Å²) in [6.07, 6.45) is 1.88. The summed E-state index contributed by atoms with van der Waals surface area (Å²) >= 11 is 1.23. The highest BCUT2D eigenvalue weighted by molar-refractivity contribution is 7.94. The Kier molecular flexibility index (Phi) is 5.76. The van der Waals surface area contributed by atoms with Gasteiger partial charge in [-0.3, -0.25) is 4.18 Å². The molecule has 0 fully saturated rings. The first-order valence-corrected chi connectivity index (χ1v) is 7.41. The third-order valence-corrected chi connectivity index (χ3v) is 4.65. The molecule has 5 heteroatoms. The number of ether oxygens (including phenoxy) is 1. The van der Waals surface area contributed by atoms with Gasteiger partial charge in [0.1, 0.15) is 0 Å². The first-order valence-electron chi connectivity index (χ1n) is 5.00. The van der Waals surface area contributed by atoms with Gasteiger partial charge in [-0.1, -0.05) is 4.57 Å². The molecular weight excluding hydrogens is 231 g/mol. The molecule has 0 radical (unpaired) electrons. The Morgan fingerprint density at radius 2 is 1.60 bits per heavy atom. The van der Waals surface area contributed by atoms with E-state index in [0.717, 1.165) is 0 Å². The predicted octanol–water partition coefficient (Wildman–Crippen LogP) is 4.01. The van der Waals surface area contributed by atoms with Gasteiger partial charge < -0.3 is 4.74 Å². The summed E-state index contributed by atoms with van der Waals surface area (Å²) < 4.78 is 23.4. The van der Waals surface area contributed by atoms with E-state index < -0.39 is 18.5 Å². The molecular formula is C10H22O3PS+. The first kappa shape index (κ1) is 15.4. The van der Waals surface area contributed by atoms with E-state index in [0.29, 0.717) is 0 Å². The maximum absolute atomic E-state index is 12.3. The SMILES string of the molecule is CSOC(C)(C)[P+](=O)C(C)(C)OC(C)C. The molecule has 0 aliphatic rings. The van der Waals surface area contributed by atoms with Crippen LogP contribution in [0.15, 0.2) is 0 Å². The molecule has 90 valence electrons. The Balaban J connectivity index is 4.67. The van der Waals surface area contributed by atoms with Crippen LogP contribution in [0, 0.1) is 0 Å². The lowest BCUT2D eigenvalue weighted by atomic mass is 10.4. The molecule has 0 N–H and O–H groups in total. The van der Waals surface area contributed by atoms with Crippen molar-refractivity contribution >= 4 is 19.8 Å². The summed E-state index contributed by atoms with van der Waals surface area (Å²) in [4.78, 5) is 0. The Bertz CT molecular complexity index is 227. The molecule has 0 saturated heterocycles. The van der Waals surface area contributed by atoms with E-state index in [1.165, 1.54) is 12.0 Å². The highest BCUT2D eigenvalue weighted by Gasteiger charge is 2.54. The van der Waals surface area contributed by atoms with Crippen LogP contribution in [0.3, 0.4) is 0 Å². The lowest BCUT2D eigenvalue weighted by Crippen LogP contribution is -2.31. The van der Waals surface area contributed by atoms with Gasteiger partial charge >= 0.3 is 7.80 Å². The number of rotatable bonds is 6. The van der Waals surface area contributed by atoms with Gasteiger partial charge in [-0.2, -0.15) is 0 Å². The monoisotopic (exact) mass is 253 g/mol. The smallest absolute Gasteiger partial charge is 0.330 e. The van der Waals surface area contributed by atoms with Crippen LogP contribution >= 0.6 is 19.8 Å². The minimum absolute atomic E-state index is 0.0593. The normalized spacial score (nSPS) is 14.5. The molecule has 0 aliphatic carbocycles. The summed E-state index contributed by atoms with van der Waals surface area (Å²) in [5.74, 6) is 0. The van der Waals surface area contributed by atoms with Gasteiger partial charge in [-0.25, -0.2) is 0 Å². The van der Waals surface area contributed by atoms with Crippen molar-refractivity contribution in [1.29, 1.82) is 0 Å². The van der Waals surface area contributed by atoms with Gasteiger partial charge in [0.2, 0.25) is 0 Å². The zero-order chi connectivity index (χ0) is 12.3. The van der Waals surface area contributed by atoms with Crippen molar-refractivity contribution < 1.29 is 13.5 Å². The van der Waals surface area contributed by atoms with Crippen LogP contribution < -0.4 is 0 Å². The van der Waals surface area contributed by atoms with Crippen LogP contribution in [-0.4, -0.2) is 23.0 Å². The molecule has 0 spiro atoms. The van der Waals surface area contributed by atoms with Crippen molar-refractivity contribution in [2.75, 3.05) is 6.26 Å². The van der Waals surface area contributed by atoms with E-state index in [4.69, 9.17) is 8.92 Å². The maximum Gasteiger partial charge on any atom is 0.407 e. The lowest BCUT2D eigenvalue weighted by molar-refractivity contribution is -0.00380. The van der Waals surface area contributed by atoms with Crippen molar-refractivity contribution in [2.24, 2.45) is 0 Å². The van der Waals surface area contributed by atoms with Gasteiger partial charge in [0, 0.05) is 34.0 Å². The van der Waals surface area contributed by atoms with Gasteiger partial charge in [0.25, 0.3) is 10.7 Å². The average Bonchev–Trinajstić information content (AvgIpc) is 2.00. The summed E-state index contributed by atoms with van der Waals surface area (Å²) in [7, 11) is -1.62. The van der Waals surface area contributed by atoms with E-state index in [1.54, 1.807) is 0 Å². The second-order valence-corrected chi connectivity index (χ2v) is 7.85. The van der Waals surface area contributed by atoms with Crippen LogP contribution in [0.4, 0.5) is 0 Å². The van der Waals surface area contributed by atoms with Crippen LogP contribution in [0.2, 0.25) is 0 Å². The van der Waals surface area contributed by atoms with E-state index in [1.807, 2.05) is 47.8 Å². The van der Waals surface area contributed by atoms with Gasteiger partial charge in [-0.15, -0.1) is 0 Å². The van der Waals surface area contributed by atoms with Crippen LogP contribution in [0.25, 0.3) is 0 Å². The zero-order valence-electron chi connectivity index (χ0n) is 10.7. The number of hydrogen-bond acceptors (Lipinski definition) is 4. The second-order valence-electron chi connectivity index (χ2n) is 4.60. The topological polar surface area (TPSA) is 35.5 Å². The fourth-order valence-corrected chi connectivity index (χ4v) is 4.02. The van der Waals surface area contributed by atoms with Gasteiger partial charge in [-0.05, 0) is 25.9 Å². The number of hydrogen-bond donors (Lipinski definition) is 0. The highest BCUT2D eigenvalue weighted by atomic mass is 32.2. The van der Waals surface area contributed by atoms with E-state index in [9.17, 15) is 4.57 Å². The Morgan fingerprint density at radius 1 is 1.13 bits per heavy atom. The minimum Gasteiger partial charge on any atom is -0.330 e. The Labute approximate surface area is 98.3 Å². The molecule has 1 atom stereocenters. The highest BCUT2D eigenvalue weighted by Crippen LogP contribution is 2.52. The molecule has 0 aromatic heterocycles. The average molecular weight is 253 g/mol. The van der Waals surface area contributed by atoms with Crippen molar-refractivity contribution in [3.63, 3.8) is 0 Å². The Hall–Kier alpha value is 0.370. The third-order valence-electron chi connectivity index (χ3n) is 1.79. The largest absolute Gasteiger partial charge is 0.407 e. The molecule has 0 aromatic carbocycles. The summed E-state index contributed by atoms with van der Waals surface area (Å²) in [5, 5.41) is -1.34. The zero-order valence-corrected chi connectivity index (χ0v) is 12.4. The van der Waals surface area contributed by atoms with Crippen molar-refractivity contribution in [3.8, 4) is 0 Å². The summed E-state index contributed by atoms with van der Waals surface area (Å²) in [6.45, 7) is 11.2. The molecule has 0 aliphatic heterocycles. The predicted molar refractivity (Wildman–Crippen MR) is 66.6 cm³/mol. The third kappa shape index (κ3) is 4.81. The molecule has 0 bridgehead atoms. The van der Waals surface area contributed by atoms with E-state index >= 15 is 0 Å². The van der Waals surface area contributed by atoms with Crippen molar-refractivity contribution in [1.82, 2.24) is 0 Å². The first-order chi connectivity index (χ1) is 6.63. The lowest BCUT2D eigenvalue weighted by Gasteiger charge is -2.23. The standard InChI is InChI=1S/C10H22O3PS/c1-8(2)12-9(3,4)14(11)10(5,6)13-15-7/h8H,1-7H3/q+1. The van der Waals surface area contributed by atoms with Crippen LogP contribution in [0.1, 0.15) is 41.5 Å². The molecule has 3 nitrogen and oxygen atoms in total. The molecule has 0 aromatic rings. The summed E-state index contributed by atoms with van der Waals surface area (Å²) in [5.41, 5.74) is 0. The molecule has 1 unspecified atom stereocenters. The fourth-order valence-electron chi connectivity index (χ4n) is 1.51. The minimum atomic E-state index is -1.62. The van der Waals surface area contributed by atoms with Crippen LogP contribution in [0.5, 0.6) is 0 Å². The van der Waals surface area contributed by atoms with E-state index in [2.05, 4.69) is 0 Å². The summed E-state index contributed by atoms with van der Waals surface area (Å²) in [6, 6.07) is 0. The molecule has 0 saturated carbocycles. The Morgan fingerprint density at radius 3 is 1.93 bits per heavy atom. The maximum atomic E-state index is 12.3. The molecule has 0 rings (SSSR count). The van der Waals surface area contributed by atoms with Crippen molar-refractivity contribution in [3.05, 3.63) is 0 Å². The molecule has 0 heterocycles. The van der Waals surface area contributed by atoms with Crippen molar-refractivity contribution in [2.45, 2.75) is 58.3 Å². The van der Waals surface area contributed by atoms with E-state index in [-0.39, 0.29) is 6.10 Å².